The first-order valence-corrected chi connectivity index (χ1v) is 20.6. The van der Waals surface area contributed by atoms with Crippen molar-refractivity contribution >= 4 is 57.8 Å². The van der Waals surface area contributed by atoms with E-state index in [9.17, 15) is 0 Å². The molecule has 9 aromatic rings. The molecule has 0 spiro atoms. The van der Waals surface area contributed by atoms with Crippen molar-refractivity contribution < 1.29 is 13.6 Å². The summed E-state index contributed by atoms with van der Waals surface area (Å²) in [6, 6.07) is 73.4. The second kappa shape index (κ2) is 16.4. The van der Waals surface area contributed by atoms with Gasteiger partial charge in [-0.3, -0.25) is 4.98 Å². The Morgan fingerprint density at radius 3 is 1.28 bits per heavy atom. The SMILES string of the molecule is O=P(Oc1cccc(N(c2ccccc2)c2ccccc2)c1)(Oc1cccc(N(c2ccccc2)c2ccccc2)c1)c1cccc(-c2cc3ccccc3cn2)c1. The minimum atomic E-state index is -4.16. The maximum Gasteiger partial charge on any atom is 0.462 e. The summed E-state index contributed by atoms with van der Waals surface area (Å²) < 4.78 is 29.0. The average molecular weight is 772 g/mol. The zero-order chi connectivity index (χ0) is 39.2. The van der Waals surface area contributed by atoms with E-state index >= 15 is 4.57 Å². The van der Waals surface area contributed by atoms with Crippen molar-refractivity contribution in [2.45, 2.75) is 0 Å². The average Bonchev–Trinajstić information content (AvgIpc) is 3.28. The van der Waals surface area contributed by atoms with E-state index in [-0.39, 0.29) is 0 Å². The first-order valence-electron chi connectivity index (χ1n) is 19.1. The smallest absolute Gasteiger partial charge is 0.413 e. The van der Waals surface area contributed by atoms with E-state index in [4.69, 9.17) is 14.0 Å². The highest BCUT2D eigenvalue weighted by atomic mass is 31.2. The van der Waals surface area contributed by atoms with Crippen molar-refractivity contribution in [1.82, 2.24) is 4.98 Å². The topological polar surface area (TPSA) is 54.9 Å². The lowest BCUT2D eigenvalue weighted by Crippen LogP contribution is -2.16. The largest absolute Gasteiger partial charge is 0.462 e. The Morgan fingerprint density at radius 2 is 0.793 bits per heavy atom. The molecule has 0 amide bonds. The Hall–Kier alpha value is -7.40. The Bertz CT molecular complexity index is 2630. The molecule has 9 rings (SSSR count). The summed E-state index contributed by atoms with van der Waals surface area (Å²) in [7, 11) is -4.16. The molecule has 0 bridgehead atoms. The molecule has 8 aromatic carbocycles. The van der Waals surface area contributed by atoms with E-state index < -0.39 is 7.60 Å². The highest BCUT2D eigenvalue weighted by molar-refractivity contribution is 7.63. The number of rotatable bonds is 12. The van der Waals surface area contributed by atoms with E-state index in [1.165, 1.54) is 0 Å². The predicted octanol–water partition coefficient (Wildman–Crippen LogP) is 13.8. The second-order valence-electron chi connectivity index (χ2n) is 13.7. The Labute approximate surface area is 338 Å². The molecule has 58 heavy (non-hydrogen) atoms. The maximum atomic E-state index is 15.7. The fourth-order valence-corrected chi connectivity index (χ4v) is 8.64. The van der Waals surface area contributed by atoms with Gasteiger partial charge in [-0.15, -0.1) is 0 Å². The van der Waals surface area contributed by atoms with Gasteiger partial charge in [0.1, 0.15) is 11.5 Å². The van der Waals surface area contributed by atoms with Crippen molar-refractivity contribution in [2.75, 3.05) is 9.80 Å². The van der Waals surface area contributed by atoms with Gasteiger partial charge in [0.25, 0.3) is 0 Å². The van der Waals surface area contributed by atoms with Crippen LogP contribution >= 0.6 is 7.60 Å². The number of aromatic nitrogens is 1. The third kappa shape index (κ3) is 7.83. The van der Waals surface area contributed by atoms with Crippen LogP contribution in [0.3, 0.4) is 0 Å². The number of benzene rings is 8. The summed E-state index contributed by atoms with van der Waals surface area (Å²) >= 11 is 0. The predicted molar refractivity (Wildman–Crippen MR) is 238 cm³/mol. The van der Waals surface area contributed by atoms with Crippen molar-refractivity contribution in [3.63, 3.8) is 0 Å². The first kappa shape index (κ1) is 36.3. The number of pyridine rings is 1. The van der Waals surface area contributed by atoms with E-state index in [1.807, 2.05) is 170 Å². The van der Waals surface area contributed by atoms with Crippen LogP contribution in [0.2, 0.25) is 0 Å². The van der Waals surface area contributed by atoms with Crippen LogP contribution in [-0.2, 0) is 4.57 Å². The third-order valence-electron chi connectivity index (χ3n) is 9.75. The quantitative estimate of drug-likeness (QED) is 0.115. The van der Waals surface area contributed by atoms with Crippen molar-refractivity contribution in [3.05, 3.63) is 231 Å². The van der Waals surface area contributed by atoms with Gasteiger partial charge in [-0.2, -0.15) is 0 Å². The third-order valence-corrected chi connectivity index (χ3v) is 11.6. The lowest BCUT2D eigenvalue weighted by Gasteiger charge is -2.27. The molecule has 0 saturated carbocycles. The molecule has 1 heterocycles. The summed E-state index contributed by atoms with van der Waals surface area (Å²) in [5, 5.41) is 2.49. The van der Waals surface area contributed by atoms with Gasteiger partial charge in [0.2, 0.25) is 0 Å². The van der Waals surface area contributed by atoms with Gasteiger partial charge >= 0.3 is 7.60 Å². The standard InChI is InChI=1S/C51H38N3O3P/c55-58(50-33-15-20-40(34-50)51-35-39-18-13-14-19-41(39)38-52-51,56-48-31-16-29-46(36-48)53(42-21-5-1-6-22-42)43-23-7-2-8-24-43)57-49-32-17-30-47(37-49)54(44-25-9-3-10-26-44)45-27-11-4-12-28-45/h1-38H. The summed E-state index contributed by atoms with van der Waals surface area (Å²) in [6.45, 7) is 0. The molecule has 0 radical (unpaired) electrons. The molecule has 0 aliphatic rings. The lowest BCUT2D eigenvalue weighted by molar-refractivity contribution is 0.399. The minimum Gasteiger partial charge on any atom is -0.413 e. The normalized spacial score (nSPS) is 11.2. The number of anilines is 6. The lowest BCUT2D eigenvalue weighted by atomic mass is 10.1. The molecular formula is C51H38N3O3P. The number of para-hydroxylation sites is 4. The van der Waals surface area contributed by atoms with E-state index in [0.717, 1.165) is 56.2 Å². The van der Waals surface area contributed by atoms with Crippen LogP contribution < -0.4 is 24.2 Å². The molecule has 0 atom stereocenters. The monoisotopic (exact) mass is 771 g/mol. The summed E-state index contributed by atoms with van der Waals surface area (Å²) in [6.07, 6.45) is 1.86. The molecule has 0 unspecified atom stereocenters. The molecular weight excluding hydrogens is 734 g/mol. The molecule has 1 aromatic heterocycles. The summed E-state index contributed by atoms with van der Waals surface area (Å²) in [5.74, 6) is 0.775. The molecule has 7 heteroatoms. The zero-order valence-corrected chi connectivity index (χ0v) is 32.3. The van der Waals surface area contributed by atoms with Gasteiger partial charge in [-0.25, -0.2) is 4.57 Å². The molecule has 0 fully saturated rings. The van der Waals surface area contributed by atoms with Crippen LogP contribution in [0.4, 0.5) is 34.1 Å². The van der Waals surface area contributed by atoms with Crippen LogP contribution in [0.15, 0.2) is 231 Å². The molecule has 6 nitrogen and oxygen atoms in total. The van der Waals surface area contributed by atoms with Crippen LogP contribution in [0, 0.1) is 0 Å². The van der Waals surface area contributed by atoms with Gasteiger partial charge in [-0.05, 0) is 96.4 Å². The van der Waals surface area contributed by atoms with Gasteiger partial charge < -0.3 is 18.8 Å². The molecule has 0 aliphatic carbocycles. The maximum absolute atomic E-state index is 15.7. The zero-order valence-electron chi connectivity index (χ0n) is 31.5. The van der Waals surface area contributed by atoms with Crippen LogP contribution in [0.5, 0.6) is 11.5 Å². The molecule has 0 aliphatic heterocycles. The first-order chi connectivity index (χ1) is 28.6. The fraction of sp³-hybridized carbons (Fsp3) is 0. The molecule has 280 valence electrons. The van der Waals surface area contributed by atoms with E-state index in [0.29, 0.717) is 16.8 Å². The number of fused-ring (bicyclic) bond motifs is 1. The summed E-state index contributed by atoms with van der Waals surface area (Å²) in [5.41, 5.74) is 7.09. The van der Waals surface area contributed by atoms with Gasteiger partial charge in [0.15, 0.2) is 0 Å². The Balaban J connectivity index is 1.14. The van der Waals surface area contributed by atoms with Crippen LogP contribution in [0.25, 0.3) is 22.0 Å². The van der Waals surface area contributed by atoms with Crippen LogP contribution in [-0.4, -0.2) is 4.98 Å². The minimum absolute atomic E-state index is 0.387. The summed E-state index contributed by atoms with van der Waals surface area (Å²) in [4.78, 5) is 9.03. The highest BCUT2D eigenvalue weighted by Gasteiger charge is 2.33. The Morgan fingerprint density at radius 1 is 0.379 bits per heavy atom. The number of nitrogens with zero attached hydrogens (tertiary/aromatic N) is 3. The van der Waals surface area contributed by atoms with Crippen LogP contribution in [0.1, 0.15) is 0 Å². The van der Waals surface area contributed by atoms with Crippen molar-refractivity contribution in [1.29, 1.82) is 0 Å². The number of hydrogen-bond donors (Lipinski definition) is 0. The molecule has 0 N–H and O–H groups in total. The molecule has 0 saturated heterocycles. The highest BCUT2D eigenvalue weighted by Crippen LogP contribution is 2.50. The van der Waals surface area contributed by atoms with Crippen molar-refractivity contribution in [2.24, 2.45) is 0 Å². The van der Waals surface area contributed by atoms with Gasteiger partial charge in [0.05, 0.1) is 11.0 Å². The van der Waals surface area contributed by atoms with Gasteiger partial charge in [-0.1, -0.05) is 121 Å². The van der Waals surface area contributed by atoms with E-state index in [2.05, 4.69) is 64.4 Å². The number of hydrogen-bond acceptors (Lipinski definition) is 6. The fourth-order valence-electron chi connectivity index (χ4n) is 7.04. The van der Waals surface area contributed by atoms with Gasteiger partial charge in [0, 0.05) is 63.4 Å². The second-order valence-corrected chi connectivity index (χ2v) is 15.5. The van der Waals surface area contributed by atoms with Crippen molar-refractivity contribution in [3.8, 4) is 22.8 Å². The Kier molecular flexibility index (Phi) is 10.2. The van der Waals surface area contributed by atoms with E-state index in [1.54, 1.807) is 6.07 Å².